The lowest BCUT2D eigenvalue weighted by molar-refractivity contribution is 0.522. The highest BCUT2D eigenvalue weighted by molar-refractivity contribution is 7.89. The number of hydrogen-bond acceptors (Lipinski definition) is 4. The van der Waals surface area contributed by atoms with E-state index >= 15 is 0 Å². The predicted molar refractivity (Wildman–Crippen MR) is 79.6 cm³/mol. The first-order chi connectivity index (χ1) is 9.54. The molecule has 3 heterocycles. The van der Waals surface area contributed by atoms with Gasteiger partial charge in [0.2, 0.25) is 10.0 Å². The van der Waals surface area contributed by atoms with E-state index in [9.17, 15) is 8.42 Å². The van der Waals surface area contributed by atoms with Crippen LogP contribution in [0, 0.1) is 0 Å². The number of fused-ring (bicyclic) bond motifs is 1. The van der Waals surface area contributed by atoms with Crippen molar-refractivity contribution in [3.63, 3.8) is 0 Å². The van der Waals surface area contributed by atoms with Gasteiger partial charge in [0.15, 0.2) is 0 Å². The lowest BCUT2D eigenvalue weighted by atomic mass is 10.2. The lowest BCUT2D eigenvalue weighted by Crippen LogP contribution is -2.23. The van der Waals surface area contributed by atoms with Crippen molar-refractivity contribution in [3.05, 3.63) is 30.1 Å². The third-order valence-electron chi connectivity index (χ3n) is 3.39. The minimum absolute atomic E-state index is 0. The third kappa shape index (κ3) is 3.45. The minimum atomic E-state index is -3.52. The molecule has 0 saturated carbocycles. The van der Waals surface area contributed by atoms with E-state index < -0.39 is 10.0 Å². The lowest BCUT2D eigenvalue weighted by Gasteiger charge is -2.11. The van der Waals surface area contributed by atoms with Crippen LogP contribution in [0.1, 0.15) is 24.4 Å². The average molecular weight is 332 g/mol. The Morgan fingerprint density at radius 3 is 2.81 bits per heavy atom. The monoisotopic (exact) mass is 331 g/mol. The summed E-state index contributed by atoms with van der Waals surface area (Å²) in [5, 5.41) is 3.87. The summed E-state index contributed by atoms with van der Waals surface area (Å²) in [6, 6.07) is 0. The van der Waals surface area contributed by atoms with E-state index in [-0.39, 0.29) is 23.8 Å². The van der Waals surface area contributed by atoms with E-state index in [2.05, 4.69) is 19.4 Å². The normalized spacial score (nSPS) is 14.5. The van der Waals surface area contributed by atoms with Gasteiger partial charge in [-0.2, -0.15) is 5.10 Å². The quantitative estimate of drug-likeness (QED) is 0.900. The second kappa shape index (κ2) is 6.17. The summed E-state index contributed by atoms with van der Waals surface area (Å²) in [4.78, 5) is 4.64. The fraction of sp³-hybridized carbons (Fsp3) is 0.500. The molecule has 1 aliphatic rings. The predicted octanol–water partition coefficient (Wildman–Crippen LogP) is 0.853. The minimum Gasteiger partial charge on any atom is -0.335 e. The van der Waals surface area contributed by atoms with Crippen LogP contribution in [0.25, 0.3) is 0 Å². The number of aryl methyl sites for hydroxylation is 3. The standard InChI is InChI=1S/C12H17N5O2S.ClH/c1-16-9-11(7-13-16)20(18,19)14-6-10-8-17-5-3-2-4-12(17)15-10;/h7-9,14H,2-6H2,1H3;1H. The zero-order valence-electron chi connectivity index (χ0n) is 11.7. The first-order valence-corrected chi connectivity index (χ1v) is 8.06. The van der Waals surface area contributed by atoms with Crippen molar-refractivity contribution in [2.24, 2.45) is 7.05 Å². The van der Waals surface area contributed by atoms with Gasteiger partial charge in [-0.15, -0.1) is 12.4 Å². The molecule has 0 saturated heterocycles. The molecule has 3 rings (SSSR count). The summed E-state index contributed by atoms with van der Waals surface area (Å²) in [6.45, 7) is 1.18. The van der Waals surface area contributed by atoms with Gasteiger partial charge in [-0.1, -0.05) is 0 Å². The van der Waals surface area contributed by atoms with Crippen LogP contribution >= 0.6 is 12.4 Å². The Hall–Kier alpha value is -1.38. The van der Waals surface area contributed by atoms with Crippen molar-refractivity contribution >= 4 is 22.4 Å². The molecule has 0 unspecified atom stereocenters. The van der Waals surface area contributed by atoms with Crippen molar-refractivity contribution in [2.75, 3.05) is 0 Å². The SMILES string of the molecule is Cl.Cn1cc(S(=O)(=O)NCc2cn3c(n2)CCCC3)cn1. The van der Waals surface area contributed by atoms with Gasteiger partial charge in [-0.25, -0.2) is 18.1 Å². The van der Waals surface area contributed by atoms with E-state index in [0.29, 0.717) is 0 Å². The molecule has 0 amide bonds. The second-order valence-corrected chi connectivity index (χ2v) is 6.74. The van der Waals surface area contributed by atoms with E-state index in [1.54, 1.807) is 7.05 Å². The summed E-state index contributed by atoms with van der Waals surface area (Å²) in [6.07, 6.45) is 8.01. The smallest absolute Gasteiger partial charge is 0.244 e. The van der Waals surface area contributed by atoms with E-state index in [1.165, 1.54) is 17.1 Å². The van der Waals surface area contributed by atoms with Crippen molar-refractivity contribution in [1.29, 1.82) is 0 Å². The van der Waals surface area contributed by atoms with Gasteiger partial charge < -0.3 is 4.57 Å². The maximum absolute atomic E-state index is 12.1. The van der Waals surface area contributed by atoms with Crippen LogP contribution in [0.4, 0.5) is 0 Å². The highest BCUT2D eigenvalue weighted by Crippen LogP contribution is 2.15. The summed E-state index contributed by atoms with van der Waals surface area (Å²) in [7, 11) is -1.84. The molecule has 1 N–H and O–H groups in total. The highest BCUT2D eigenvalue weighted by atomic mass is 35.5. The average Bonchev–Trinajstić information content (AvgIpc) is 3.02. The van der Waals surface area contributed by atoms with Crippen molar-refractivity contribution < 1.29 is 8.42 Å². The van der Waals surface area contributed by atoms with E-state index in [0.717, 1.165) is 37.3 Å². The van der Waals surface area contributed by atoms with Crippen LogP contribution in [0.5, 0.6) is 0 Å². The largest absolute Gasteiger partial charge is 0.335 e. The number of halogens is 1. The molecule has 7 nitrogen and oxygen atoms in total. The maximum Gasteiger partial charge on any atom is 0.244 e. The van der Waals surface area contributed by atoms with Crippen molar-refractivity contribution in [3.8, 4) is 0 Å². The summed E-state index contributed by atoms with van der Waals surface area (Å²) < 4.78 is 30.3. The van der Waals surface area contributed by atoms with Crippen LogP contribution in [0.2, 0.25) is 0 Å². The first-order valence-electron chi connectivity index (χ1n) is 6.58. The molecule has 9 heteroatoms. The van der Waals surface area contributed by atoms with Crippen LogP contribution in [0.3, 0.4) is 0 Å². The van der Waals surface area contributed by atoms with Crippen molar-refractivity contribution in [2.45, 2.75) is 37.2 Å². The Morgan fingerprint density at radius 2 is 2.14 bits per heavy atom. The molecule has 0 radical (unpaired) electrons. The van der Waals surface area contributed by atoms with E-state index in [4.69, 9.17) is 0 Å². The number of sulfonamides is 1. The van der Waals surface area contributed by atoms with Crippen molar-refractivity contribution in [1.82, 2.24) is 24.1 Å². The molecule has 2 aromatic heterocycles. The Morgan fingerprint density at radius 1 is 1.33 bits per heavy atom. The zero-order valence-corrected chi connectivity index (χ0v) is 13.3. The number of aromatic nitrogens is 4. The fourth-order valence-electron chi connectivity index (χ4n) is 2.35. The highest BCUT2D eigenvalue weighted by Gasteiger charge is 2.17. The number of nitrogens with one attached hydrogen (secondary N) is 1. The summed E-state index contributed by atoms with van der Waals surface area (Å²) in [5.74, 6) is 1.05. The number of nitrogens with zero attached hydrogens (tertiary/aromatic N) is 4. The Bertz CT molecular complexity index is 698. The van der Waals surface area contributed by atoms with E-state index in [1.807, 2.05) is 6.20 Å². The van der Waals surface area contributed by atoms with Gasteiger partial charge in [0.05, 0.1) is 18.4 Å². The van der Waals surface area contributed by atoms with Gasteiger partial charge in [-0.05, 0) is 12.8 Å². The molecule has 0 aliphatic carbocycles. The van der Waals surface area contributed by atoms with Gasteiger partial charge >= 0.3 is 0 Å². The third-order valence-corrected chi connectivity index (χ3v) is 4.75. The zero-order chi connectivity index (χ0) is 14.2. The number of rotatable bonds is 4. The van der Waals surface area contributed by atoms with Gasteiger partial charge in [-0.3, -0.25) is 4.68 Å². The topological polar surface area (TPSA) is 81.8 Å². The molecule has 0 aromatic carbocycles. The Balaban J connectivity index is 0.00000161. The van der Waals surface area contributed by atoms with Crippen LogP contribution in [-0.2, 0) is 36.6 Å². The van der Waals surface area contributed by atoms with Gasteiger partial charge in [0.1, 0.15) is 10.7 Å². The van der Waals surface area contributed by atoms with Gasteiger partial charge in [0.25, 0.3) is 0 Å². The molecule has 0 fully saturated rings. The molecule has 21 heavy (non-hydrogen) atoms. The van der Waals surface area contributed by atoms with Crippen LogP contribution in [0.15, 0.2) is 23.5 Å². The van der Waals surface area contributed by atoms with Crippen LogP contribution in [-0.4, -0.2) is 27.7 Å². The Labute approximate surface area is 129 Å². The molecule has 0 spiro atoms. The molecule has 2 aromatic rings. The number of hydrogen-bond donors (Lipinski definition) is 1. The summed E-state index contributed by atoms with van der Waals surface area (Å²) >= 11 is 0. The summed E-state index contributed by atoms with van der Waals surface area (Å²) in [5.41, 5.74) is 0.759. The van der Waals surface area contributed by atoms with Crippen LogP contribution < -0.4 is 4.72 Å². The van der Waals surface area contributed by atoms with Gasteiger partial charge in [0, 0.05) is 32.4 Å². The molecule has 116 valence electrons. The molecule has 0 bridgehead atoms. The fourth-order valence-corrected chi connectivity index (χ4v) is 3.33. The Kier molecular flexibility index (Phi) is 4.70. The molecule has 0 atom stereocenters. The molecular formula is C12H18ClN5O2S. The maximum atomic E-state index is 12.1. The molecule has 1 aliphatic heterocycles. The number of imidazole rings is 1. The second-order valence-electron chi connectivity index (χ2n) is 4.97. The molecular weight excluding hydrogens is 314 g/mol. The first kappa shape index (κ1) is 16.0.